The minimum atomic E-state index is 0.0666. The fourth-order valence-corrected chi connectivity index (χ4v) is 2.60. The van der Waals surface area contributed by atoms with Crippen molar-refractivity contribution in [3.05, 3.63) is 17.3 Å². The Morgan fingerprint density at radius 3 is 2.55 bits per heavy atom. The highest BCUT2D eigenvalue weighted by Crippen LogP contribution is 2.16. The first-order chi connectivity index (χ1) is 9.65. The molecule has 1 aromatic rings. The maximum Gasteiger partial charge on any atom is 0.234 e. The molecule has 0 unspecified atom stereocenters. The average Bonchev–Trinajstić information content (AvgIpc) is 2.62. The summed E-state index contributed by atoms with van der Waals surface area (Å²) in [7, 11) is 0. The highest BCUT2D eigenvalue weighted by atomic mass is 16.4. The minimum absolute atomic E-state index is 0.0666. The van der Waals surface area contributed by atoms with E-state index in [1.165, 1.54) is 25.7 Å². The Balaban J connectivity index is 1.66. The number of amides is 1. The van der Waals surface area contributed by atoms with E-state index in [4.69, 9.17) is 4.42 Å². The zero-order valence-electron chi connectivity index (χ0n) is 12.5. The highest BCUT2D eigenvalue weighted by molar-refractivity contribution is 5.78. The van der Waals surface area contributed by atoms with Crippen LogP contribution in [0.5, 0.6) is 0 Å². The van der Waals surface area contributed by atoms with E-state index < -0.39 is 0 Å². The Kier molecular flexibility index (Phi) is 5.59. The Morgan fingerprint density at radius 2 is 1.95 bits per heavy atom. The number of carbonyl (C=O) groups is 1. The van der Waals surface area contributed by atoms with Crippen LogP contribution in [0.25, 0.3) is 0 Å². The largest absolute Gasteiger partial charge is 0.444 e. The molecule has 0 atom stereocenters. The van der Waals surface area contributed by atoms with Gasteiger partial charge in [-0.15, -0.1) is 0 Å². The summed E-state index contributed by atoms with van der Waals surface area (Å²) < 4.78 is 5.46. The molecule has 112 valence electrons. The lowest BCUT2D eigenvalue weighted by molar-refractivity contribution is -0.121. The van der Waals surface area contributed by atoms with E-state index in [9.17, 15) is 4.79 Å². The fraction of sp³-hybridized carbons (Fsp3) is 0.733. The van der Waals surface area contributed by atoms with Gasteiger partial charge < -0.3 is 9.73 Å². The first-order valence-corrected chi connectivity index (χ1v) is 7.58. The summed E-state index contributed by atoms with van der Waals surface area (Å²) in [5.41, 5.74) is 0.907. The average molecular weight is 279 g/mol. The van der Waals surface area contributed by atoms with Crippen LogP contribution < -0.4 is 10.6 Å². The van der Waals surface area contributed by atoms with Gasteiger partial charge in [0.1, 0.15) is 5.76 Å². The van der Waals surface area contributed by atoms with Crippen LogP contribution in [0.1, 0.15) is 55.9 Å². The monoisotopic (exact) mass is 279 g/mol. The molecule has 1 amide bonds. The van der Waals surface area contributed by atoms with Crippen molar-refractivity contribution in [3.8, 4) is 0 Å². The first kappa shape index (κ1) is 15.0. The van der Waals surface area contributed by atoms with Gasteiger partial charge in [-0.2, -0.15) is 0 Å². The topological polar surface area (TPSA) is 67.2 Å². The molecule has 0 aromatic carbocycles. The number of aromatic nitrogens is 1. The van der Waals surface area contributed by atoms with Crippen molar-refractivity contribution in [2.75, 3.05) is 6.54 Å². The van der Waals surface area contributed by atoms with Crippen LogP contribution in [0.15, 0.2) is 4.42 Å². The van der Waals surface area contributed by atoms with Crippen LogP contribution in [0.2, 0.25) is 0 Å². The Labute approximate surface area is 120 Å². The normalized spacial score (nSPS) is 16.9. The number of hydrogen-bond acceptors (Lipinski definition) is 4. The lowest BCUT2D eigenvalue weighted by Crippen LogP contribution is -2.40. The molecule has 1 aliphatic carbocycles. The first-order valence-electron chi connectivity index (χ1n) is 7.58. The predicted molar refractivity (Wildman–Crippen MR) is 77.3 cm³/mol. The molecule has 1 heterocycles. The summed E-state index contributed by atoms with van der Waals surface area (Å²) >= 11 is 0. The molecular weight excluding hydrogens is 254 g/mol. The molecule has 0 radical (unpaired) electrons. The van der Waals surface area contributed by atoms with Crippen LogP contribution in [-0.4, -0.2) is 23.5 Å². The van der Waals surface area contributed by atoms with Crippen LogP contribution in [0, 0.1) is 13.8 Å². The summed E-state index contributed by atoms with van der Waals surface area (Å²) in [6.45, 7) is 4.62. The van der Waals surface area contributed by atoms with Crippen molar-refractivity contribution in [2.24, 2.45) is 0 Å². The van der Waals surface area contributed by atoms with Gasteiger partial charge in [-0.3, -0.25) is 10.1 Å². The summed E-state index contributed by atoms with van der Waals surface area (Å²) in [5, 5.41) is 6.19. The molecule has 5 nitrogen and oxygen atoms in total. The second kappa shape index (κ2) is 7.43. The molecule has 0 saturated heterocycles. The highest BCUT2D eigenvalue weighted by Gasteiger charge is 2.14. The molecule has 0 aliphatic heterocycles. The van der Waals surface area contributed by atoms with Gasteiger partial charge in [0, 0.05) is 6.04 Å². The number of rotatable bonds is 5. The molecule has 2 rings (SSSR count). The number of nitrogens with zero attached hydrogens (tertiary/aromatic N) is 1. The molecule has 2 N–H and O–H groups in total. The minimum Gasteiger partial charge on any atom is -0.444 e. The van der Waals surface area contributed by atoms with Crippen LogP contribution >= 0.6 is 0 Å². The van der Waals surface area contributed by atoms with Crippen molar-refractivity contribution >= 4 is 5.91 Å². The lowest BCUT2D eigenvalue weighted by Gasteiger charge is -2.16. The number of aryl methyl sites for hydroxylation is 2. The molecule has 1 saturated carbocycles. The smallest absolute Gasteiger partial charge is 0.234 e. The Hall–Kier alpha value is -1.36. The number of carbonyl (C=O) groups excluding carboxylic acids is 1. The van der Waals surface area contributed by atoms with Gasteiger partial charge in [0.15, 0.2) is 0 Å². The van der Waals surface area contributed by atoms with Crippen molar-refractivity contribution in [1.29, 1.82) is 0 Å². The lowest BCUT2D eigenvalue weighted by atomic mass is 10.1. The number of oxazole rings is 1. The summed E-state index contributed by atoms with van der Waals surface area (Å²) in [4.78, 5) is 16.1. The van der Waals surface area contributed by atoms with Gasteiger partial charge in [0.2, 0.25) is 11.8 Å². The van der Waals surface area contributed by atoms with Gasteiger partial charge in [0.05, 0.1) is 18.8 Å². The van der Waals surface area contributed by atoms with E-state index in [0.29, 0.717) is 25.0 Å². The van der Waals surface area contributed by atoms with Crippen LogP contribution in [-0.2, 0) is 11.3 Å². The van der Waals surface area contributed by atoms with E-state index in [0.717, 1.165) is 24.3 Å². The van der Waals surface area contributed by atoms with E-state index in [-0.39, 0.29) is 5.91 Å². The summed E-state index contributed by atoms with van der Waals surface area (Å²) in [6, 6.07) is 0.359. The maximum absolute atomic E-state index is 11.9. The molecule has 0 spiro atoms. The van der Waals surface area contributed by atoms with E-state index in [2.05, 4.69) is 15.6 Å². The molecule has 1 aromatic heterocycles. The van der Waals surface area contributed by atoms with E-state index in [1.54, 1.807) is 0 Å². The van der Waals surface area contributed by atoms with Gasteiger partial charge in [-0.05, 0) is 26.7 Å². The fourth-order valence-electron chi connectivity index (χ4n) is 2.60. The second-order valence-corrected chi connectivity index (χ2v) is 5.61. The Morgan fingerprint density at radius 1 is 1.25 bits per heavy atom. The van der Waals surface area contributed by atoms with Crippen molar-refractivity contribution in [3.63, 3.8) is 0 Å². The zero-order valence-corrected chi connectivity index (χ0v) is 12.5. The quantitative estimate of drug-likeness (QED) is 0.811. The second-order valence-electron chi connectivity index (χ2n) is 5.61. The summed E-state index contributed by atoms with van der Waals surface area (Å²) in [6.07, 6.45) is 7.29. The third-order valence-corrected chi connectivity index (χ3v) is 3.85. The van der Waals surface area contributed by atoms with Gasteiger partial charge in [-0.1, -0.05) is 25.7 Å². The van der Waals surface area contributed by atoms with Crippen LogP contribution in [0.4, 0.5) is 0 Å². The standard InChI is InChI=1S/C15H25N3O2/c1-11-12(2)20-15(17-11)10-16-9-14(19)18-13-7-5-3-4-6-8-13/h13,16H,3-10H2,1-2H3,(H,18,19). The predicted octanol–water partition coefficient (Wildman–Crippen LogP) is 2.22. The third kappa shape index (κ3) is 4.63. The van der Waals surface area contributed by atoms with Crippen molar-refractivity contribution in [1.82, 2.24) is 15.6 Å². The Bertz CT molecular complexity index is 415. The number of nitrogens with one attached hydrogen (secondary N) is 2. The van der Waals surface area contributed by atoms with Crippen LogP contribution in [0.3, 0.4) is 0 Å². The SMILES string of the molecule is Cc1nc(CNCC(=O)NC2CCCCCC2)oc1C. The summed E-state index contributed by atoms with van der Waals surface area (Å²) in [5.74, 6) is 1.55. The van der Waals surface area contributed by atoms with E-state index in [1.807, 2.05) is 13.8 Å². The number of hydrogen-bond donors (Lipinski definition) is 2. The maximum atomic E-state index is 11.9. The van der Waals surface area contributed by atoms with Crippen molar-refractivity contribution in [2.45, 2.75) is 65.0 Å². The molecule has 1 aliphatic rings. The molecule has 20 heavy (non-hydrogen) atoms. The molecule has 1 fully saturated rings. The van der Waals surface area contributed by atoms with E-state index >= 15 is 0 Å². The van der Waals surface area contributed by atoms with Crippen molar-refractivity contribution < 1.29 is 9.21 Å². The van der Waals surface area contributed by atoms with Gasteiger partial charge in [-0.25, -0.2) is 4.98 Å². The zero-order chi connectivity index (χ0) is 14.4. The van der Waals surface area contributed by atoms with Gasteiger partial charge in [0.25, 0.3) is 0 Å². The molecule has 5 heteroatoms. The molecule has 0 bridgehead atoms. The van der Waals surface area contributed by atoms with Gasteiger partial charge >= 0.3 is 0 Å². The molecular formula is C15H25N3O2. The third-order valence-electron chi connectivity index (χ3n) is 3.85.